The number of aromatic nitrogens is 1. The predicted molar refractivity (Wildman–Crippen MR) is 44.2 cm³/mol. The van der Waals surface area contributed by atoms with E-state index in [0.29, 0.717) is 0 Å². The fourth-order valence-electron chi connectivity index (χ4n) is 0.892. The highest BCUT2D eigenvalue weighted by Gasteiger charge is 2.20. The van der Waals surface area contributed by atoms with Crippen molar-refractivity contribution < 1.29 is 22.7 Å². The first-order valence-corrected chi connectivity index (χ1v) is 4.05. The summed E-state index contributed by atoms with van der Waals surface area (Å²) >= 11 is 0. The van der Waals surface area contributed by atoms with Crippen LogP contribution in [0.15, 0.2) is 0 Å². The van der Waals surface area contributed by atoms with Gasteiger partial charge in [-0.25, -0.2) is 0 Å². The fourth-order valence-corrected chi connectivity index (χ4v) is 0.892. The highest BCUT2D eigenvalue weighted by Crippen LogP contribution is 2.21. The summed E-state index contributed by atoms with van der Waals surface area (Å²) in [7, 11) is 0. The molecule has 1 rings (SSSR count). The van der Waals surface area contributed by atoms with E-state index in [1.807, 2.05) is 5.32 Å². The molecular weight excluding hydrogens is 216 g/mol. The molecule has 1 aromatic rings. The molecular formula is C8H8F4N2O. The maximum Gasteiger partial charge on any atom is 0.253 e. The Morgan fingerprint density at radius 3 is 2.07 bits per heavy atom. The van der Waals surface area contributed by atoms with E-state index in [0.717, 1.165) is 0 Å². The zero-order chi connectivity index (χ0) is 11.6. The molecule has 0 bridgehead atoms. The highest BCUT2D eigenvalue weighted by molar-refractivity contribution is 5.45. The second kappa shape index (κ2) is 4.43. The minimum Gasteiger partial charge on any atom is -0.392 e. The molecule has 0 aromatic carbocycles. The Balaban J connectivity index is 3.04. The summed E-state index contributed by atoms with van der Waals surface area (Å²) in [6.07, 6.45) is -0.914. The molecule has 0 saturated carbocycles. The standard InChI is InChI=1S/C8H8F4N2O/c1-3(15)2-13-6-4(9)7(11)14-8(12)5(6)10/h3,15H,2H2,1H3,(H,13,14). The Kier molecular flexibility index (Phi) is 3.46. The van der Waals surface area contributed by atoms with Gasteiger partial charge in [0.05, 0.1) is 6.10 Å². The number of aliphatic hydroxyl groups excluding tert-OH is 1. The molecule has 0 saturated heterocycles. The van der Waals surface area contributed by atoms with Gasteiger partial charge < -0.3 is 10.4 Å². The van der Waals surface area contributed by atoms with Gasteiger partial charge in [0.15, 0.2) is 0 Å². The molecule has 3 nitrogen and oxygen atoms in total. The molecule has 0 radical (unpaired) electrons. The second-order valence-electron chi connectivity index (χ2n) is 2.93. The first-order chi connectivity index (χ1) is 6.93. The number of hydrogen-bond acceptors (Lipinski definition) is 3. The lowest BCUT2D eigenvalue weighted by Crippen LogP contribution is -2.18. The van der Waals surface area contributed by atoms with E-state index in [4.69, 9.17) is 5.11 Å². The number of nitrogens with one attached hydrogen (secondary N) is 1. The van der Waals surface area contributed by atoms with Crippen molar-refractivity contribution >= 4 is 5.69 Å². The molecule has 1 aromatic heterocycles. The Morgan fingerprint density at radius 2 is 1.67 bits per heavy atom. The maximum atomic E-state index is 12.9. The van der Waals surface area contributed by atoms with Gasteiger partial charge in [-0.2, -0.15) is 22.5 Å². The van der Waals surface area contributed by atoms with Gasteiger partial charge in [0.1, 0.15) is 5.69 Å². The minimum atomic E-state index is -1.73. The molecule has 84 valence electrons. The molecule has 2 N–H and O–H groups in total. The molecule has 0 aliphatic heterocycles. The van der Waals surface area contributed by atoms with Crippen LogP contribution in [0.25, 0.3) is 0 Å². The average Bonchev–Trinajstić information content (AvgIpc) is 2.14. The SMILES string of the molecule is CC(O)CNc1c(F)c(F)nc(F)c1F. The molecule has 0 aliphatic carbocycles. The van der Waals surface area contributed by atoms with Gasteiger partial charge in [-0.05, 0) is 6.92 Å². The van der Waals surface area contributed by atoms with Crippen LogP contribution in [-0.4, -0.2) is 22.7 Å². The highest BCUT2D eigenvalue weighted by atomic mass is 19.2. The van der Waals surface area contributed by atoms with Crippen LogP contribution in [0.3, 0.4) is 0 Å². The molecule has 1 unspecified atom stereocenters. The van der Waals surface area contributed by atoms with Crippen molar-refractivity contribution in [3.05, 3.63) is 23.5 Å². The third kappa shape index (κ3) is 2.56. The first kappa shape index (κ1) is 11.7. The van der Waals surface area contributed by atoms with Crippen molar-refractivity contribution in [2.24, 2.45) is 0 Å². The van der Waals surface area contributed by atoms with Gasteiger partial charge in [-0.3, -0.25) is 0 Å². The van der Waals surface area contributed by atoms with Crippen LogP contribution < -0.4 is 5.32 Å². The van der Waals surface area contributed by atoms with E-state index in [1.54, 1.807) is 0 Å². The van der Waals surface area contributed by atoms with Crippen molar-refractivity contribution in [3.8, 4) is 0 Å². The minimum absolute atomic E-state index is 0.239. The van der Waals surface area contributed by atoms with E-state index >= 15 is 0 Å². The number of anilines is 1. The van der Waals surface area contributed by atoms with E-state index < -0.39 is 35.3 Å². The van der Waals surface area contributed by atoms with Crippen molar-refractivity contribution in [2.75, 3.05) is 11.9 Å². The van der Waals surface area contributed by atoms with Crippen LogP contribution in [0.2, 0.25) is 0 Å². The molecule has 0 aliphatic rings. The van der Waals surface area contributed by atoms with E-state index in [2.05, 4.69) is 4.98 Å². The maximum absolute atomic E-state index is 12.9. The summed E-state index contributed by atoms with van der Waals surface area (Å²) in [6, 6.07) is 0. The lowest BCUT2D eigenvalue weighted by atomic mass is 10.3. The fraction of sp³-hybridized carbons (Fsp3) is 0.375. The molecule has 1 heterocycles. The molecule has 0 spiro atoms. The summed E-state index contributed by atoms with van der Waals surface area (Å²) in [6.45, 7) is 1.10. The van der Waals surface area contributed by atoms with Gasteiger partial charge in [-0.15, -0.1) is 0 Å². The molecule has 15 heavy (non-hydrogen) atoms. The van der Waals surface area contributed by atoms with Crippen LogP contribution in [0.1, 0.15) is 6.92 Å². The Bertz CT molecular complexity index is 344. The Morgan fingerprint density at radius 1 is 1.20 bits per heavy atom. The van der Waals surface area contributed by atoms with Crippen LogP contribution >= 0.6 is 0 Å². The summed E-state index contributed by atoms with van der Waals surface area (Å²) in [4.78, 5) is 2.37. The third-order valence-electron chi connectivity index (χ3n) is 1.57. The predicted octanol–water partition coefficient (Wildman–Crippen LogP) is 1.43. The smallest absolute Gasteiger partial charge is 0.253 e. The van der Waals surface area contributed by atoms with E-state index in [1.165, 1.54) is 6.92 Å². The largest absolute Gasteiger partial charge is 0.392 e. The zero-order valence-corrected chi connectivity index (χ0v) is 7.69. The number of nitrogens with zero attached hydrogens (tertiary/aromatic N) is 1. The van der Waals surface area contributed by atoms with Gasteiger partial charge in [0, 0.05) is 6.54 Å². The first-order valence-electron chi connectivity index (χ1n) is 4.05. The normalized spacial score (nSPS) is 12.7. The number of rotatable bonds is 3. The molecule has 7 heteroatoms. The van der Waals surface area contributed by atoms with Crippen molar-refractivity contribution in [2.45, 2.75) is 13.0 Å². The quantitative estimate of drug-likeness (QED) is 0.603. The van der Waals surface area contributed by atoms with Crippen LogP contribution in [0, 0.1) is 23.5 Å². The number of halogens is 4. The summed E-state index contributed by atoms with van der Waals surface area (Å²) in [5, 5.41) is 10.9. The molecule has 0 fully saturated rings. The third-order valence-corrected chi connectivity index (χ3v) is 1.57. The Labute approximate surface area is 82.8 Å². The monoisotopic (exact) mass is 224 g/mol. The summed E-state index contributed by atoms with van der Waals surface area (Å²) in [5.41, 5.74) is -0.971. The van der Waals surface area contributed by atoms with Gasteiger partial charge in [-0.1, -0.05) is 0 Å². The van der Waals surface area contributed by atoms with E-state index in [-0.39, 0.29) is 6.54 Å². The van der Waals surface area contributed by atoms with Crippen molar-refractivity contribution in [1.29, 1.82) is 0 Å². The lowest BCUT2D eigenvalue weighted by molar-refractivity contribution is 0.208. The zero-order valence-electron chi connectivity index (χ0n) is 7.69. The number of hydrogen-bond donors (Lipinski definition) is 2. The van der Waals surface area contributed by atoms with Gasteiger partial charge in [0.2, 0.25) is 11.6 Å². The summed E-state index contributed by atoms with van der Waals surface area (Å²) < 4.78 is 50.9. The van der Waals surface area contributed by atoms with Crippen molar-refractivity contribution in [3.63, 3.8) is 0 Å². The average molecular weight is 224 g/mol. The van der Waals surface area contributed by atoms with Crippen LogP contribution in [0.4, 0.5) is 23.2 Å². The van der Waals surface area contributed by atoms with E-state index in [9.17, 15) is 17.6 Å². The lowest BCUT2D eigenvalue weighted by Gasteiger charge is -2.10. The molecule has 0 amide bonds. The van der Waals surface area contributed by atoms with Crippen LogP contribution in [-0.2, 0) is 0 Å². The van der Waals surface area contributed by atoms with Crippen molar-refractivity contribution in [1.82, 2.24) is 4.98 Å². The van der Waals surface area contributed by atoms with Gasteiger partial charge in [0.25, 0.3) is 11.9 Å². The number of pyridine rings is 1. The topological polar surface area (TPSA) is 45.1 Å². The molecule has 1 atom stereocenters. The number of aliphatic hydroxyl groups is 1. The Hall–Kier alpha value is -1.37. The van der Waals surface area contributed by atoms with Crippen LogP contribution in [0.5, 0.6) is 0 Å². The van der Waals surface area contributed by atoms with Gasteiger partial charge >= 0.3 is 0 Å². The second-order valence-corrected chi connectivity index (χ2v) is 2.93. The summed E-state index contributed by atoms with van der Waals surface area (Å²) in [5.74, 6) is -6.70.